The van der Waals surface area contributed by atoms with E-state index >= 15 is 0 Å². The van der Waals surface area contributed by atoms with E-state index in [0.29, 0.717) is 0 Å². The molecule has 2 heteroatoms. The fraction of sp³-hybridized carbons (Fsp3) is 0.250. The SMILES string of the molecule is C=CC(C)=O.CC=CC=O. The molecule has 0 heterocycles. The number of rotatable bonds is 2. The Morgan fingerprint density at radius 1 is 1.50 bits per heavy atom. The van der Waals surface area contributed by atoms with Crippen LogP contribution in [-0.4, -0.2) is 12.1 Å². The molecule has 0 atom stereocenters. The predicted molar refractivity (Wildman–Crippen MR) is 41.8 cm³/mol. The van der Waals surface area contributed by atoms with Crippen LogP contribution in [0.4, 0.5) is 0 Å². The molecule has 0 saturated carbocycles. The largest absolute Gasteiger partial charge is 0.299 e. The van der Waals surface area contributed by atoms with Crippen LogP contribution in [0.5, 0.6) is 0 Å². The molecule has 0 aromatic heterocycles. The Kier molecular flexibility index (Phi) is 12.5. The van der Waals surface area contributed by atoms with Crippen LogP contribution in [0.2, 0.25) is 0 Å². The zero-order valence-corrected chi connectivity index (χ0v) is 6.33. The lowest BCUT2D eigenvalue weighted by Gasteiger charge is -1.62. The highest BCUT2D eigenvalue weighted by molar-refractivity contribution is 5.86. The highest BCUT2D eigenvalue weighted by Crippen LogP contribution is 1.60. The quantitative estimate of drug-likeness (QED) is 0.430. The van der Waals surface area contributed by atoms with Crippen LogP contribution in [0.15, 0.2) is 24.8 Å². The van der Waals surface area contributed by atoms with Crippen LogP contribution >= 0.6 is 0 Å². The van der Waals surface area contributed by atoms with Gasteiger partial charge < -0.3 is 0 Å². The van der Waals surface area contributed by atoms with Gasteiger partial charge in [-0.2, -0.15) is 0 Å². The number of hydrogen-bond donors (Lipinski definition) is 0. The lowest BCUT2D eigenvalue weighted by molar-refractivity contribution is -0.112. The summed E-state index contributed by atoms with van der Waals surface area (Å²) in [5.74, 6) is 0.0185. The minimum absolute atomic E-state index is 0.0185. The van der Waals surface area contributed by atoms with E-state index in [2.05, 4.69) is 6.58 Å². The Bertz CT molecular complexity index is 134. The van der Waals surface area contributed by atoms with Gasteiger partial charge in [-0.1, -0.05) is 12.7 Å². The van der Waals surface area contributed by atoms with E-state index in [1.165, 1.54) is 19.1 Å². The van der Waals surface area contributed by atoms with Crippen LogP contribution < -0.4 is 0 Å². The van der Waals surface area contributed by atoms with Gasteiger partial charge in [0.15, 0.2) is 5.78 Å². The van der Waals surface area contributed by atoms with Gasteiger partial charge in [-0.15, -0.1) is 0 Å². The van der Waals surface area contributed by atoms with Crippen LogP contribution in [0.1, 0.15) is 13.8 Å². The van der Waals surface area contributed by atoms with E-state index in [9.17, 15) is 9.59 Å². The minimum atomic E-state index is 0.0185. The lowest BCUT2D eigenvalue weighted by atomic mass is 10.5. The number of carbonyl (C=O) groups excluding carboxylic acids is 2. The maximum Gasteiger partial charge on any atom is 0.152 e. The van der Waals surface area contributed by atoms with E-state index in [4.69, 9.17) is 0 Å². The van der Waals surface area contributed by atoms with Crippen LogP contribution in [-0.2, 0) is 9.59 Å². The molecule has 0 aliphatic rings. The van der Waals surface area contributed by atoms with Gasteiger partial charge in [0.2, 0.25) is 0 Å². The molecule has 0 aromatic carbocycles. The third kappa shape index (κ3) is 29.0. The van der Waals surface area contributed by atoms with Gasteiger partial charge >= 0.3 is 0 Å². The standard InChI is InChI=1S/2C4H6O/c1-3-4(2)5;1-2-3-4-5/h3H,1H2,2H3;2-4H,1H3. The molecule has 56 valence electrons. The summed E-state index contributed by atoms with van der Waals surface area (Å²) >= 11 is 0. The first kappa shape index (κ1) is 11.6. The summed E-state index contributed by atoms with van der Waals surface area (Å²) in [4.78, 5) is 19.0. The second-order valence-corrected chi connectivity index (χ2v) is 1.48. The van der Waals surface area contributed by atoms with Crippen molar-refractivity contribution < 1.29 is 9.59 Å². The van der Waals surface area contributed by atoms with Gasteiger partial charge in [-0.25, -0.2) is 0 Å². The van der Waals surface area contributed by atoms with Crippen molar-refractivity contribution in [2.45, 2.75) is 13.8 Å². The Hall–Kier alpha value is -1.18. The molecule has 0 aromatic rings. The molecule has 0 saturated heterocycles. The normalized spacial score (nSPS) is 7.80. The third-order valence-electron chi connectivity index (χ3n) is 0.558. The van der Waals surface area contributed by atoms with Crippen molar-refractivity contribution in [3.05, 3.63) is 24.8 Å². The number of aldehydes is 1. The zero-order chi connectivity index (χ0) is 8.41. The number of carbonyl (C=O) groups is 2. The van der Waals surface area contributed by atoms with Crippen molar-refractivity contribution in [2.75, 3.05) is 0 Å². The zero-order valence-electron chi connectivity index (χ0n) is 6.33. The molecule has 0 radical (unpaired) electrons. The first-order chi connectivity index (χ1) is 4.68. The van der Waals surface area contributed by atoms with Crippen molar-refractivity contribution in [3.63, 3.8) is 0 Å². The summed E-state index contributed by atoms with van der Waals surface area (Å²) in [6.45, 7) is 6.48. The Balaban J connectivity index is 0. The van der Waals surface area contributed by atoms with Gasteiger partial charge in [0.1, 0.15) is 6.29 Å². The average Bonchev–Trinajstić information content (AvgIpc) is 1.91. The molecule has 0 fully saturated rings. The van der Waals surface area contributed by atoms with Crippen molar-refractivity contribution in [1.82, 2.24) is 0 Å². The monoisotopic (exact) mass is 140 g/mol. The van der Waals surface area contributed by atoms with E-state index in [1.54, 1.807) is 13.0 Å². The molecule has 0 aliphatic carbocycles. The van der Waals surface area contributed by atoms with Crippen molar-refractivity contribution in [3.8, 4) is 0 Å². The second-order valence-electron chi connectivity index (χ2n) is 1.48. The summed E-state index contributed by atoms with van der Waals surface area (Å²) in [5.41, 5.74) is 0. The van der Waals surface area contributed by atoms with Crippen LogP contribution in [0.3, 0.4) is 0 Å². The minimum Gasteiger partial charge on any atom is -0.299 e. The molecule has 0 unspecified atom stereocenters. The highest BCUT2D eigenvalue weighted by Gasteiger charge is 1.69. The summed E-state index contributed by atoms with van der Waals surface area (Å²) in [5, 5.41) is 0. The van der Waals surface area contributed by atoms with E-state index in [-0.39, 0.29) is 5.78 Å². The van der Waals surface area contributed by atoms with Crippen LogP contribution in [0.25, 0.3) is 0 Å². The summed E-state index contributed by atoms with van der Waals surface area (Å²) in [6, 6.07) is 0. The topological polar surface area (TPSA) is 34.1 Å². The maximum atomic E-state index is 9.69. The molecule has 0 spiro atoms. The fourth-order valence-corrected chi connectivity index (χ4v) is 0.0786. The fourth-order valence-electron chi connectivity index (χ4n) is 0.0786. The Morgan fingerprint density at radius 2 is 1.90 bits per heavy atom. The molecule has 0 amide bonds. The summed E-state index contributed by atoms with van der Waals surface area (Å²) < 4.78 is 0. The molecule has 10 heavy (non-hydrogen) atoms. The van der Waals surface area contributed by atoms with Gasteiger partial charge in [-0.05, 0) is 26.0 Å². The van der Waals surface area contributed by atoms with Gasteiger partial charge in [-0.3, -0.25) is 9.59 Å². The molecule has 0 N–H and O–H groups in total. The molecule has 0 bridgehead atoms. The Labute approximate surface area is 61.2 Å². The van der Waals surface area contributed by atoms with Crippen molar-refractivity contribution >= 4 is 12.1 Å². The first-order valence-electron chi connectivity index (χ1n) is 2.88. The van der Waals surface area contributed by atoms with Crippen molar-refractivity contribution in [2.24, 2.45) is 0 Å². The number of ketones is 1. The summed E-state index contributed by atoms with van der Waals surface area (Å²) in [7, 11) is 0. The number of hydrogen-bond acceptors (Lipinski definition) is 2. The average molecular weight is 140 g/mol. The highest BCUT2D eigenvalue weighted by atomic mass is 16.1. The van der Waals surface area contributed by atoms with Gasteiger partial charge in [0.25, 0.3) is 0 Å². The van der Waals surface area contributed by atoms with Crippen LogP contribution in [0, 0.1) is 0 Å². The predicted octanol–water partition coefficient (Wildman–Crippen LogP) is 1.52. The molecule has 2 nitrogen and oxygen atoms in total. The van der Waals surface area contributed by atoms with Gasteiger partial charge in [0.05, 0.1) is 0 Å². The number of allylic oxidation sites excluding steroid dienone is 3. The molecular formula is C8H12O2. The summed E-state index contributed by atoms with van der Waals surface area (Å²) in [6.07, 6.45) is 5.16. The lowest BCUT2D eigenvalue weighted by Crippen LogP contribution is -1.74. The van der Waals surface area contributed by atoms with E-state index in [0.717, 1.165) is 6.29 Å². The molecule has 0 rings (SSSR count). The first-order valence-corrected chi connectivity index (χ1v) is 2.88. The maximum absolute atomic E-state index is 9.69. The Morgan fingerprint density at radius 3 is 1.90 bits per heavy atom. The van der Waals surface area contributed by atoms with Crippen molar-refractivity contribution in [1.29, 1.82) is 0 Å². The van der Waals surface area contributed by atoms with E-state index < -0.39 is 0 Å². The second kappa shape index (κ2) is 10.7. The molecular weight excluding hydrogens is 128 g/mol. The smallest absolute Gasteiger partial charge is 0.152 e. The third-order valence-corrected chi connectivity index (χ3v) is 0.558. The van der Waals surface area contributed by atoms with E-state index in [1.807, 2.05) is 0 Å². The van der Waals surface area contributed by atoms with Gasteiger partial charge in [0, 0.05) is 0 Å². The molecule has 0 aliphatic heterocycles.